The van der Waals surface area contributed by atoms with Crippen molar-refractivity contribution in [3.63, 3.8) is 0 Å². The molecule has 0 heterocycles. The van der Waals surface area contributed by atoms with Crippen LogP contribution in [0.5, 0.6) is 11.5 Å². The van der Waals surface area contributed by atoms with Crippen molar-refractivity contribution < 1.29 is 30.0 Å². The maximum Gasteiger partial charge on any atom is 0.328 e. The summed E-state index contributed by atoms with van der Waals surface area (Å²) in [4.78, 5) is 20.5. The zero-order valence-electron chi connectivity index (χ0n) is 23.1. The van der Waals surface area contributed by atoms with Crippen LogP contribution in [0.3, 0.4) is 0 Å². The molecular weight excluding hydrogens is 468 g/mol. The average molecular weight is 521 g/mol. The predicted molar refractivity (Wildman–Crippen MR) is 152 cm³/mol. The van der Waals surface area contributed by atoms with Crippen LogP contribution in [-0.2, 0) is 9.59 Å². The van der Waals surface area contributed by atoms with Crippen LogP contribution in [0.4, 0.5) is 0 Å². The lowest BCUT2D eigenvalue weighted by Gasteiger charge is -2.03. The molecule has 0 bridgehead atoms. The smallest absolute Gasteiger partial charge is 0.328 e. The fourth-order valence-electron chi connectivity index (χ4n) is 4.17. The van der Waals surface area contributed by atoms with Gasteiger partial charge in [0, 0.05) is 12.5 Å². The molecule has 0 saturated heterocycles. The molecule has 0 aromatic heterocycles. The van der Waals surface area contributed by atoms with Crippen molar-refractivity contribution in [1.82, 2.24) is 0 Å². The molecule has 1 aromatic rings. The van der Waals surface area contributed by atoms with E-state index in [4.69, 9.17) is 20.4 Å². The number of hydrogen-bond donors (Lipinski definition) is 4. The number of rotatable bonds is 22. The summed E-state index contributed by atoms with van der Waals surface area (Å²) >= 11 is 0. The highest BCUT2D eigenvalue weighted by Gasteiger charge is 1.99. The summed E-state index contributed by atoms with van der Waals surface area (Å²) in [7, 11) is 0. The molecule has 0 amide bonds. The lowest BCUT2D eigenvalue weighted by atomic mass is 10.0. The largest absolute Gasteiger partial charge is 0.504 e. The molecule has 1 aromatic carbocycles. The summed E-state index contributed by atoms with van der Waals surface area (Å²) in [6.07, 6.45) is 28.4. The maximum absolute atomic E-state index is 10.4. The Kier molecular flexibility index (Phi) is 23.5. The molecule has 0 aliphatic rings. The van der Waals surface area contributed by atoms with E-state index in [1.165, 1.54) is 133 Å². The lowest BCUT2D eigenvalue weighted by molar-refractivity contribution is -0.137. The third kappa shape index (κ3) is 25.0. The van der Waals surface area contributed by atoms with Gasteiger partial charge in [-0.15, -0.1) is 0 Å². The molecule has 0 aliphatic carbocycles. The third-order valence-electron chi connectivity index (χ3n) is 6.41. The highest BCUT2D eigenvalue weighted by atomic mass is 16.4. The Morgan fingerprint density at radius 3 is 1.38 bits per heavy atom. The summed E-state index contributed by atoms with van der Waals surface area (Å²) in [6.45, 7) is 2.28. The molecule has 212 valence electrons. The first kappa shape index (κ1) is 34.5. The summed E-state index contributed by atoms with van der Waals surface area (Å²) < 4.78 is 0. The van der Waals surface area contributed by atoms with Crippen molar-refractivity contribution in [2.75, 3.05) is 0 Å². The normalized spacial score (nSPS) is 10.8. The number of unbranched alkanes of at least 4 members (excludes halogenated alkanes) is 18. The van der Waals surface area contributed by atoms with Gasteiger partial charge in [-0.25, -0.2) is 4.79 Å². The van der Waals surface area contributed by atoms with E-state index in [-0.39, 0.29) is 11.5 Å². The Bertz CT molecular complexity index is 728. The van der Waals surface area contributed by atoms with Gasteiger partial charge in [0.2, 0.25) is 0 Å². The van der Waals surface area contributed by atoms with Crippen LogP contribution in [0, 0.1) is 0 Å². The van der Waals surface area contributed by atoms with Crippen molar-refractivity contribution in [3.8, 4) is 11.5 Å². The summed E-state index contributed by atoms with van der Waals surface area (Å²) in [5.41, 5.74) is 0.512. The van der Waals surface area contributed by atoms with Gasteiger partial charge >= 0.3 is 11.9 Å². The fourth-order valence-corrected chi connectivity index (χ4v) is 4.17. The quantitative estimate of drug-likeness (QED) is 0.0688. The number of hydrogen-bond acceptors (Lipinski definition) is 4. The molecule has 4 N–H and O–H groups in total. The van der Waals surface area contributed by atoms with Crippen LogP contribution in [0.15, 0.2) is 24.3 Å². The maximum atomic E-state index is 10.4. The number of carbonyl (C=O) groups is 2. The van der Waals surface area contributed by atoms with Crippen LogP contribution in [0.25, 0.3) is 6.08 Å². The Balaban J connectivity index is 0.000000832. The Hall–Kier alpha value is -2.50. The van der Waals surface area contributed by atoms with Crippen molar-refractivity contribution in [2.24, 2.45) is 0 Å². The van der Waals surface area contributed by atoms with Crippen LogP contribution in [0.2, 0.25) is 0 Å². The molecule has 6 heteroatoms. The number of aromatic hydroxyl groups is 2. The predicted octanol–water partition coefficient (Wildman–Crippen LogP) is 9.09. The summed E-state index contributed by atoms with van der Waals surface area (Å²) in [5.74, 6) is -2.21. The zero-order chi connectivity index (χ0) is 27.6. The monoisotopic (exact) mass is 520 g/mol. The first-order chi connectivity index (χ1) is 17.9. The van der Waals surface area contributed by atoms with Gasteiger partial charge in [0.15, 0.2) is 11.5 Å². The first-order valence-corrected chi connectivity index (χ1v) is 14.5. The SMILES string of the molecule is CCCCCCCCCCCCCCCCCCCCCC(=O)O.O=C(O)C=Cc1ccc(O)c(O)c1. The van der Waals surface area contributed by atoms with E-state index in [1.54, 1.807) is 0 Å². The molecule has 0 atom stereocenters. The third-order valence-corrected chi connectivity index (χ3v) is 6.41. The molecule has 0 fully saturated rings. The molecule has 0 unspecified atom stereocenters. The minimum atomic E-state index is -1.06. The number of aliphatic carboxylic acids is 2. The van der Waals surface area contributed by atoms with E-state index in [0.29, 0.717) is 12.0 Å². The molecule has 0 radical (unpaired) electrons. The highest BCUT2D eigenvalue weighted by Crippen LogP contribution is 2.25. The van der Waals surface area contributed by atoms with Crippen LogP contribution in [0.1, 0.15) is 141 Å². The van der Waals surface area contributed by atoms with Gasteiger partial charge in [0.1, 0.15) is 0 Å². The van der Waals surface area contributed by atoms with E-state index < -0.39 is 11.9 Å². The Morgan fingerprint density at radius 2 is 1.03 bits per heavy atom. The van der Waals surface area contributed by atoms with Gasteiger partial charge in [-0.2, -0.15) is 0 Å². The number of phenolic OH excluding ortho intramolecular Hbond substituents is 2. The van der Waals surface area contributed by atoms with Gasteiger partial charge in [0.05, 0.1) is 0 Å². The van der Waals surface area contributed by atoms with Crippen LogP contribution < -0.4 is 0 Å². The minimum absolute atomic E-state index is 0.229. The zero-order valence-corrected chi connectivity index (χ0v) is 23.1. The topological polar surface area (TPSA) is 115 Å². The van der Waals surface area contributed by atoms with Gasteiger partial charge in [-0.1, -0.05) is 129 Å². The van der Waals surface area contributed by atoms with Crippen molar-refractivity contribution in [2.45, 2.75) is 135 Å². The molecule has 0 spiro atoms. The van der Waals surface area contributed by atoms with Gasteiger partial charge in [0.25, 0.3) is 0 Å². The molecule has 1 rings (SSSR count). The number of benzene rings is 1. The highest BCUT2D eigenvalue weighted by molar-refractivity contribution is 5.85. The number of carboxylic acids is 2. The van der Waals surface area contributed by atoms with Crippen LogP contribution in [-0.4, -0.2) is 32.4 Å². The molecule has 6 nitrogen and oxygen atoms in total. The fraction of sp³-hybridized carbons (Fsp3) is 0.677. The van der Waals surface area contributed by atoms with Gasteiger partial charge in [-0.3, -0.25) is 4.79 Å². The first-order valence-electron chi connectivity index (χ1n) is 14.5. The summed E-state index contributed by atoms with van der Waals surface area (Å²) in [6, 6.07) is 4.06. The minimum Gasteiger partial charge on any atom is -0.504 e. The van der Waals surface area contributed by atoms with E-state index in [0.717, 1.165) is 18.9 Å². The molecule has 37 heavy (non-hydrogen) atoms. The van der Waals surface area contributed by atoms with Gasteiger partial charge in [-0.05, 0) is 30.2 Å². The van der Waals surface area contributed by atoms with E-state index in [9.17, 15) is 9.59 Å². The number of carboxylic acid groups (broad SMARTS) is 2. The Morgan fingerprint density at radius 1 is 0.622 bits per heavy atom. The van der Waals surface area contributed by atoms with Gasteiger partial charge < -0.3 is 20.4 Å². The van der Waals surface area contributed by atoms with Crippen molar-refractivity contribution in [1.29, 1.82) is 0 Å². The van der Waals surface area contributed by atoms with E-state index >= 15 is 0 Å². The van der Waals surface area contributed by atoms with Crippen molar-refractivity contribution >= 4 is 18.0 Å². The molecule has 0 saturated carbocycles. The summed E-state index contributed by atoms with van der Waals surface area (Å²) in [5, 5.41) is 34.8. The second-order valence-electron chi connectivity index (χ2n) is 9.93. The van der Waals surface area contributed by atoms with E-state index in [1.807, 2.05) is 0 Å². The second-order valence-corrected chi connectivity index (χ2v) is 9.93. The standard InChI is InChI=1S/C22H44O2.C9H8O4/c1-2-3-4-5-6-7-8-9-10-11-12-13-14-15-16-17-18-19-20-21-22(23)24;10-7-3-1-6(5-8(7)11)2-4-9(12)13/h2-21H2,1H3,(H,23,24);1-5,10-11H,(H,12,13). The Labute approximate surface area is 224 Å². The second kappa shape index (κ2) is 25.2. The lowest BCUT2D eigenvalue weighted by Crippen LogP contribution is -1.93. The van der Waals surface area contributed by atoms with Crippen LogP contribution >= 0.6 is 0 Å². The average Bonchev–Trinajstić information content (AvgIpc) is 2.86. The van der Waals surface area contributed by atoms with E-state index in [2.05, 4.69) is 6.92 Å². The van der Waals surface area contributed by atoms with Crippen molar-refractivity contribution in [3.05, 3.63) is 29.8 Å². The molecule has 0 aliphatic heterocycles. The number of phenols is 2. The molecular formula is C31H52O6.